The lowest BCUT2D eigenvalue weighted by Gasteiger charge is -2.07. The molecule has 6 nitrogen and oxygen atoms in total. The zero-order valence-electron chi connectivity index (χ0n) is 13.0. The fourth-order valence-electron chi connectivity index (χ4n) is 2.12. The largest absolute Gasteiger partial charge is 0.354 e. The van der Waals surface area contributed by atoms with Gasteiger partial charge < -0.3 is 5.32 Å². The highest BCUT2D eigenvalue weighted by atomic mass is 16.2. The Hall–Kier alpha value is -2.76. The van der Waals surface area contributed by atoms with E-state index in [9.17, 15) is 14.4 Å². The van der Waals surface area contributed by atoms with Crippen molar-refractivity contribution in [3.8, 4) is 0 Å². The summed E-state index contributed by atoms with van der Waals surface area (Å²) in [6.07, 6.45) is 3.25. The average Bonchev–Trinajstić information content (AvgIpc) is 2.57. The van der Waals surface area contributed by atoms with E-state index in [0.29, 0.717) is 24.2 Å². The molecule has 0 aliphatic rings. The van der Waals surface area contributed by atoms with Crippen LogP contribution < -0.4 is 10.9 Å². The summed E-state index contributed by atoms with van der Waals surface area (Å²) in [5.41, 5.74) is 1.05. The van der Waals surface area contributed by atoms with E-state index in [2.05, 4.69) is 10.3 Å². The van der Waals surface area contributed by atoms with Crippen molar-refractivity contribution in [2.75, 3.05) is 6.54 Å². The van der Waals surface area contributed by atoms with Gasteiger partial charge in [-0.25, -0.2) is 4.98 Å². The Balaban J connectivity index is 1.74. The monoisotopic (exact) mass is 313 g/mol. The van der Waals surface area contributed by atoms with Gasteiger partial charge in [-0.05, 0) is 6.92 Å². The van der Waals surface area contributed by atoms with Gasteiger partial charge in [-0.1, -0.05) is 30.3 Å². The van der Waals surface area contributed by atoms with Crippen LogP contribution in [0.4, 0.5) is 0 Å². The molecule has 0 fully saturated rings. The van der Waals surface area contributed by atoms with Crippen molar-refractivity contribution < 1.29 is 9.59 Å². The number of aromatic nitrogens is 2. The van der Waals surface area contributed by atoms with E-state index in [1.807, 2.05) is 6.07 Å². The minimum atomic E-state index is -0.206. The number of ketones is 1. The molecule has 6 heteroatoms. The summed E-state index contributed by atoms with van der Waals surface area (Å²) >= 11 is 0. The molecule has 0 unspecified atom stereocenters. The summed E-state index contributed by atoms with van der Waals surface area (Å²) in [6, 6.07) is 8.89. The number of Topliss-reactive ketones (excluding diaryl/α,β-unsaturated/α-hetero) is 1. The van der Waals surface area contributed by atoms with E-state index in [0.717, 1.165) is 0 Å². The highest BCUT2D eigenvalue weighted by Crippen LogP contribution is 2.04. The van der Waals surface area contributed by atoms with Gasteiger partial charge in [-0.3, -0.25) is 19.0 Å². The third-order valence-electron chi connectivity index (χ3n) is 3.42. The summed E-state index contributed by atoms with van der Waals surface area (Å²) in [7, 11) is 0. The van der Waals surface area contributed by atoms with Gasteiger partial charge >= 0.3 is 0 Å². The van der Waals surface area contributed by atoms with Gasteiger partial charge in [0, 0.05) is 43.3 Å². The molecule has 1 heterocycles. The molecule has 2 rings (SSSR count). The number of hydrogen-bond donors (Lipinski definition) is 1. The molecule has 0 saturated heterocycles. The summed E-state index contributed by atoms with van der Waals surface area (Å²) < 4.78 is 1.45. The number of carbonyl (C=O) groups excluding carboxylic acids is 2. The number of rotatable bonds is 7. The Bertz CT molecular complexity index is 738. The molecule has 1 N–H and O–H groups in total. The van der Waals surface area contributed by atoms with Gasteiger partial charge in [0.25, 0.3) is 5.56 Å². The minimum absolute atomic E-state index is 0.0557. The van der Waals surface area contributed by atoms with Gasteiger partial charge in [-0.2, -0.15) is 0 Å². The van der Waals surface area contributed by atoms with Crippen LogP contribution in [0.2, 0.25) is 0 Å². The molecule has 1 amide bonds. The zero-order valence-corrected chi connectivity index (χ0v) is 13.0. The van der Waals surface area contributed by atoms with Crippen LogP contribution >= 0.6 is 0 Å². The van der Waals surface area contributed by atoms with E-state index in [-0.39, 0.29) is 30.1 Å². The van der Waals surface area contributed by atoms with E-state index in [4.69, 9.17) is 0 Å². The summed E-state index contributed by atoms with van der Waals surface area (Å²) in [5.74, 6) is -0.261. The smallest absolute Gasteiger partial charge is 0.256 e. The van der Waals surface area contributed by atoms with Crippen LogP contribution in [0.15, 0.2) is 47.7 Å². The molecule has 0 aliphatic heterocycles. The maximum absolute atomic E-state index is 11.9. The molecule has 1 aromatic carbocycles. The molecular weight excluding hydrogens is 294 g/mol. The number of amides is 1. The number of carbonyl (C=O) groups is 2. The molecule has 0 atom stereocenters. The maximum atomic E-state index is 11.9. The quantitative estimate of drug-likeness (QED) is 0.782. The van der Waals surface area contributed by atoms with E-state index in [1.54, 1.807) is 31.2 Å². The van der Waals surface area contributed by atoms with Crippen molar-refractivity contribution in [1.82, 2.24) is 14.9 Å². The number of nitrogens with one attached hydrogen (secondary N) is 1. The van der Waals surface area contributed by atoms with Crippen LogP contribution in [0.25, 0.3) is 0 Å². The van der Waals surface area contributed by atoms with Crippen molar-refractivity contribution in [1.29, 1.82) is 0 Å². The molecular formula is C17H19N3O3. The molecule has 0 saturated carbocycles. The van der Waals surface area contributed by atoms with Crippen LogP contribution in [0.5, 0.6) is 0 Å². The highest BCUT2D eigenvalue weighted by Gasteiger charge is 2.08. The Morgan fingerprint density at radius 3 is 2.65 bits per heavy atom. The van der Waals surface area contributed by atoms with Crippen LogP contribution in [0.3, 0.4) is 0 Å². The number of benzene rings is 1. The topological polar surface area (TPSA) is 81.1 Å². The Labute approximate surface area is 134 Å². The van der Waals surface area contributed by atoms with Gasteiger partial charge in [-0.15, -0.1) is 0 Å². The predicted octanol–water partition coefficient (Wildman–Crippen LogP) is 1.33. The number of hydrogen-bond acceptors (Lipinski definition) is 4. The minimum Gasteiger partial charge on any atom is -0.354 e. The van der Waals surface area contributed by atoms with Crippen LogP contribution in [0.1, 0.15) is 28.8 Å². The number of aryl methyl sites for hydroxylation is 1. The maximum Gasteiger partial charge on any atom is 0.256 e. The summed E-state index contributed by atoms with van der Waals surface area (Å²) in [4.78, 5) is 39.4. The summed E-state index contributed by atoms with van der Waals surface area (Å²) in [6.45, 7) is 2.37. The van der Waals surface area contributed by atoms with E-state index < -0.39 is 0 Å². The normalized spacial score (nSPS) is 10.3. The predicted molar refractivity (Wildman–Crippen MR) is 86.3 cm³/mol. The van der Waals surface area contributed by atoms with Gasteiger partial charge in [0.1, 0.15) is 0 Å². The Morgan fingerprint density at radius 1 is 1.17 bits per heavy atom. The Morgan fingerprint density at radius 2 is 1.91 bits per heavy atom. The standard InChI is InChI=1S/C17H19N3O3/c1-13-11-18-12-20(17(13)23)10-9-19-16(22)8-7-15(21)14-5-3-2-4-6-14/h2-6,11-12H,7-10H2,1H3,(H,19,22). The van der Waals surface area contributed by atoms with Gasteiger partial charge in [0.2, 0.25) is 5.91 Å². The summed E-state index contributed by atoms with van der Waals surface area (Å²) in [5, 5.41) is 2.71. The third-order valence-corrected chi connectivity index (χ3v) is 3.42. The van der Waals surface area contributed by atoms with Crippen LogP contribution in [-0.2, 0) is 11.3 Å². The van der Waals surface area contributed by atoms with Crippen molar-refractivity contribution >= 4 is 11.7 Å². The highest BCUT2D eigenvalue weighted by molar-refractivity contribution is 5.97. The SMILES string of the molecule is Cc1cncn(CCNC(=O)CCC(=O)c2ccccc2)c1=O. The van der Waals surface area contributed by atoms with Crippen molar-refractivity contribution in [3.63, 3.8) is 0 Å². The molecule has 0 spiro atoms. The van der Waals surface area contributed by atoms with Gasteiger partial charge in [0.05, 0.1) is 6.33 Å². The first-order chi connectivity index (χ1) is 11.1. The second-order valence-corrected chi connectivity index (χ2v) is 5.21. The molecule has 120 valence electrons. The molecule has 2 aromatic rings. The molecule has 0 aliphatic carbocycles. The lowest BCUT2D eigenvalue weighted by Crippen LogP contribution is -2.31. The van der Waals surface area contributed by atoms with Crippen LogP contribution in [0, 0.1) is 6.92 Å². The lowest BCUT2D eigenvalue weighted by molar-refractivity contribution is -0.121. The van der Waals surface area contributed by atoms with Gasteiger partial charge in [0.15, 0.2) is 5.78 Å². The van der Waals surface area contributed by atoms with E-state index >= 15 is 0 Å². The Kier molecular flexibility index (Phi) is 5.80. The first kappa shape index (κ1) is 16.6. The third kappa shape index (κ3) is 4.88. The fraction of sp³-hybridized carbons (Fsp3) is 0.294. The molecule has 1 aromatic heterocycles. The van der Waals surface area contributed by atoms with Crippen LogP contribution in [-0.4, -0.2) is 27.8 Å². The molecule has 23 heavy (non-hydrogen) atoms. The molecule has 0 radical (unpaired) electrons. The van der Waals surface area contributed by atoms with Crippen molar-refractivity contribution in [2.45, 2.75) is 26.3 Å². The average molecular weight is 313 g/mol. The first-order valence-electron chi connectivity index (χ1n) is 7.44. The van der Waals surface area contributed by atoms with E-state index in [1.165, 1.54) is 17.1 Å². The van der Waals surface area contributed by atoms with Crippen molar-refractivity contribution in [2.24, 2.45) is 0 Å². The lowest BCUT2D eigenvalue weighted by atomic mass is 10.1. The first-order valence-corrected chi connectivity index (χ1v) is 7.44. The molecule has 0 bridgehead atoms. The fourth-order valence-corrected chi connectivity index (χ4v) is 2.12. The zero-order chi connectivity index (χ0) is 16.7. The van der Waals surface area contributed by atoms with Crippen molar-refractivity contribution in [3.05, 3.63) is 64.3 Å². The second kappa shape index (κ2) is 8.03. The second-order valence-electron chi connectivity index (χ2n) is 5.21. The number of nitrogens with zero attached hydrogens (tertiary/aromatic N) is 2.